The van der Waals surface area contributed by atoms with Gasteiger partial charge in [-0.05, 0) is 90.4 Å². The topological polar surface area (TPSA) is 203 Å². The van der Waals surface area contributed by atoms with E-state index in [4.69, 9.17) is 4.74 Å². The number of amides is 6. The van der Waals surface area contributed by atoms with Gasteiger partial charge in [0.1, 0.15) is 18.1 Å². The van der Waals surface area contributed by atoms with Crippen LogP contribution in [0.2, 0.25) is 0 Å². The molecule has 3 saturated heterocycles. The van der Waals surface area contributed by atoms with E-state index >= 15 is 0 Å². The quantitative estimate of drug-likeness (QED) is 0.0439. The Morgan fingerprint density at radius 3 is 2.48 bits per heavy atom. The number of fused-ring (bicyclic) bond motifs is 2. The second-order valence-electron chi connectivity index (χ2n) is 19.9. The number of piperidine rings is 2. The number of thiophene rings is 1. The second kappa shape index (κ2) is 21.1. The molecule has 8 rings (SSSR count). The molecule has 3 aromatic carbocycles. The summed E-state index contributed by atoms with van der Waals surface area (Å²) in [5.41, 5.74) is -2.96. The monoisotopic (exact) mass is 1010 g/mol. The number of benzene rings is 3. The predicted octanol–water partition coefficient (Wildman–Crippen LogP) is 7.04. The number of nitrogens with one attached hydrogen (secondary N) is 2. The van der Waals surface area contributed by atoms with Gasteiger partial charge in [0.2, 0.25) is 23.6 Å². The van der Waals surface area contributed by atoms with Crippen LogP contribution in [0.15, 0.2) is 72.8 Å². The van der Waals surface area contributed by atoms with Gasteiger partial charge in [0, 0.05) is 79.4 Å². The van der Waals surface area contributed by atoms with E-state index < -0.39 is 66.2 Å². The molecule has 1 aromatic heterocycles. The van der Waals surface area contributed by atoms with Crippen molar-refractivity contribution in [2.75, 3.05) is 26.2 Å². The summed E-state index contributed by atoms with van der Waals surface area (Å²) in [6.45, 7) is 7.21. The maximum atomic E-state index is 14.8. The molecule has 4 N–H and O–H groups in total. The van der Waals surface area contributed by atoms with Gasteiger partial charge < -0.3 is 34.5 Å². The Kier molecular flexibility index (Phi) is 15.3. The molecule has 0 aliphatic carbocycles. The lowest BCUT2D eigenvalue weighted by molar-refractivity contribution is -0.146. The van der Waals surface area contributed by atoms with Crippen LogP contribution in [-0.2, 0) is 40.7 Å². The summed E-state index contributed by atoms with van der Waals surface area (Å²) >= 11 is 0.982. The molecule has 4 aromatic rings. The zero-order chi connectivity index (χ0) is 50.8. The van der Waals surface area contributed by atoms with Crippen LogP contribution in [-0.4, -0.2) is 110 Å². The molecule has 5 heterocycles. The summed E-state index contributed by atoms with van der Waals surface area (Å²) in [7, 11) is -5.83. The molecule has 376 valence electrons. The third-order valence-electron chi connectivity index (χ3n) is 13.7. The van der Waals surface area contributed by atoms with Gasteiger partial charge in [-0.25, -0.2) is 0 Å². The number of nitrogens with zero attached hydrogens (tertiary/aromatic N) is 3. The minimum Gasteiger partial charge on any atom is -0.376 e. The van der Waals surface area contributed by atoms with E-state index in [-0.39, 0.29) is 59.8 Å². The number of carbonyl (C=O) groups is 6. The third kappa shape index (κ3) is 11.5. The van der Waals surface area contributed by atoms with Crippen molar-refractivity contribution in [3.8, 4) is 11.8 Å². The number of rotatable bonds is 14. The largest absolute Gasteiger partial charge is 0.399 e. The van der Waals surface area contributed by atoms with E-state index in [2.05, 4.69) is 34.6 Å². The number of alkyl halides is 2. The van der Waals surface area contributed by atoms with Crippen molar-refractivity contribution in [2.24, 2.45) is 5.41 Å². The Labute approximate surface area is 414 Å². The molecule has 0 radical (unpaired) electrons. The second-order valence-corrected chi connectivity index (χ2v) is 22.6. The van der Waals surface area contributed by atoms with Crippen molar-refractivity contribution in [1.29, 1.82) is 0 Å². The first kappa shape index (κ1) is 51.5. The highest BCUT2D eigenvalue weighted by molar-refractivity contribution is 7.52. The van der Waals surface area contributed by atoms with Crippen LogP contribution in [0.25, 0.3) is 10.1 Å². The van der Waals surface area contributed by atoms with Gasteiger partial charge in [-0.1, -0.05) is 75.4 Å². The molecule has 71 heavy (non-hydrogen) atoms. The molecule has 15 nitrogen and oxygen atoms in total. The highest BCUT2D eigenvalue weighted by atomic mass is 32.1. The fourth-order valence-corrected chi connectivity index (χ4v) is 11.3. The third-order valence-corrected chi connectivity index (χ3v) is 15.8. The lowest BCUT2D eigenvalue weighted by Crippen LogP contribution is -2.58. The molecule has 0 saturated carbocycles. The smallest absolute Gasteiger partial charge is 0.376 e. The van der Waals surface area contributed by atoms with Crippen LogP contribution in [0.1, 0.15) is 127 Å². The Morgan fingerprint density at radius 1 is 0.972 bits per heavy atom. The highest BCUT2D eigenvalue weighted by Gasteiger charge is 2.51. The van der Waals surface area contributed by atoms with Gasteiger partial charge in [0.25, 0.3) is 11.8 Å². The average Bonchev–Trinajstić information content (AvgIpc) is 4.06. The minimum absolute atomic E-state index is 0.0983. The van der Waals surface area contributed by atoms with E-state index in [1.165, 1.54) is 21.9 Å². The normalized spacial score (nSPS) is 21.2. The molecule has 3 fully saturated rings. The number of ether oxygens (including phenoxy) is 1. The Morgan fingerprint density at radius 2 is 1.75 bits per heavy atom. The van der Waals surface area contributed by atoms with E-state index in [1.54, 1.807) is 32.9 Å². The van der Waals surface area contributed by atoms with E-state index in [0.717, 1.165) is 65.8 Å². The van der Waals surface area contributed by atoms with E-state index in [1.807, 2.05) is 29.2 Å². The first-order chi connectivity index (χ1) is 33.7. The standard InChI is InChI=1S/C52H58F2N5O10PS/c1-51(2,3)45(56-47(62)43-27-35-26-37(18-21-42(35)71-43)52(53,54)70(66,67)68)50(65)59-31-38(28-41(59)49(64)57-23-12-16-34(29-57)33-14-9-7-10-15-33)69-24-11-6-4-5-8-13-32-17-19-39-36(25-32)30-58(48(39)63)40-20-22-44(60)55-46(40)61/h7,9-10,14-15,17-19,21,25-27,34,38,40-41,45H,4-6,11-12,16,20,22-24,28-31H2,1-3H3,(H,56,62)(H,55,60,61)(H2,66,67,68)/t34?,38-,40?,41+,45-/m1/s1. The summed E-state index contributed by atoms with van der Waals surface area (Å²) in [5, 5.41) is 5.37. The molecular weight excluding hydrogens is 956 g/mol. The van der Waals surface area contributed by atoms with Crippen molar-refractivity contribution in [1.82, 2.24) is 25.3 Å². The molecule has 0 bridgehead atoms. The Hall–Kier alpha value is -5.83. The first-order valence-corrected chi connectivity index (χ1v) is 26.4. The van der Waals surface area contributed by atoms with Crippen LogP contribution in [0.3, 0.4) is 0 Å². The number of unbranched alkanes of at least 4 members (excludes halogenated alkanes) is 3. The maximum absolute atomic E-state index is 14.8. The fourth-order valence-electron chi connectivity index (χ4n) is 9.87. The summed E-state index contributed by atoms with van der Waals surface area (Å²) in [6.07, 6.45) is 4.94. The highest BCUT2D eigenvalue weighted by Crippen LogP contribution is 2.59. The van der Waals surface area contributed by atoms with Crippen LogP contribution < -0.4 is 10.6 Å². The summed E-state index contributed by atoms with van der Waals surface area (Å²) in [6, 6.07) is 17.2. The first-order valence-electron chi connectivity index (χ1n) is 24.0. The SMILES string of the molecule is CC(C)(C)[C@H](NC(=O)c1cc2cc(C(F)(F)P(=O)(O)O)ccc2s1)C(=O)N1C[C@H](OCCCCCC#Cc2ccc3c(c2)CN(C2CCC(=O)NC2=O)C3=O)C[C@H]1C(=O)N1CCCC(c2ccccc2)C1. The van der Waals surface area contributed by atoms with Gasteiger partial charge >= 0.3 is 13.3 Å². The molecule has 0 spiro atoms. The fraction of sp³-hybridized carbons (Fsp3) is 0.462. The van der Waals surface area contributed by atoms with Crippen molar-refractivity contribution in [3.05, 3.63) is 105 Å². The summed E-state index contributed by atoms with van der Waals surface area (Å²) in [4.78, 5) is 104. The Balaban J connectivity index is 0.899. The number of hydrogen-bond acceptors (Lipinski definition) is 9. The Bertz CT molecular complexity index is 2840. The zero-order valence-corrected chi connectivity index (χ0v) is 41.5. The number of halogens is 2. The summed E-state index contributed by atoms with van der Waals surface area (Å²) < 4.78 is 47.5. The van der Waals surface area contributed by atoms with Crippen LogP contribution in [0.4, 0.5) is 8.78 Å². The molecule has 6 amide bonds. The van der Waals surface area contributed by atoms with Crippen LogP contribution >= 0.6 is 18.9 Å². The van der Waals surface area contributed by atoms with Gasteiger partial charge in [0.05, 0.1) is 11.0 Å². The van der Waals surface area contributed by atoms with Crippen LogP contribution in [0.5, 0.6) is 0 Å². The summed E-state index contributed by atoms with van der Waals surface area (Å²) in [5.74, 6) is 4.20. The molecule has 2 unspecified atom stereocenters. The molecule has 4 aliphatic heterocycles. The van der Waals surface area contributed by atoms with Gasteiger partial charge in [-0.2, -0.15) is 8.78 Å². The number of likely N-dealkylation sites (tertiary alicyclic amines) is 2. The van der Waals surface area contributed by atoms with Crippen LogP contribution in [0, 0.1) is 17.3 Å². The lowest BCUT2D eigenvalue weighted by atomic mass is 9.85. The average molecular weight is 1010 g/mol. The number of carbonyl (C=O) groups excluding carboxylic acids is 6. The lowest BCUT2D eigenvalue weighted by Gasteiger charge is -2.38. The minimum atomic E-state index is -5.83. The molecular formula is C52H58F2N5O10PS. The van der Waals surface area contributed by atoms with Crippen molar-refractivity contribution < 1.29 is 56.6 Å². The molecule has 4 aliphatic rings. The molecule has 5 atom stereocenters. The zero-order valence-electron chi connectivity index (χ0n) is 39.8. The van der Waals surface area contributed by atoms with Crippen molar-refractivity contribution >= 4 is 64.5 Å². The van der Waals surface area contributed by atoms with Gasteiger partial charge in [0.15, 0.2) is 0 Å². The van der Waals surface area contributed by atoms with Gasteiger partial charge in [-0.15, -0.1) is 11.3 Å². The van der Waals surface area contributed by atoms with Crippen molar-refractivity contribution in [3.63, 3.8) is 0 Å². The maximum Gasteiger partial charge on any atom is 0.399 e. The van der Waals surface area contributed by atoms with E-state index in [9.17, 15) is 51.9 Å². The number of hydrogen-bond donors (Lipinski definition) is 4. The van der Waals surface area contributed by atoms with Gasteiger partial charge in [-0.3, -0.25) is 38.6 Å². The molecule has 19 heteroatoms. The van der Waals surface area contributed by atoms with E-state index in [0.29, 0.717) is 49.2 Å². The van der Waals surface area contributed by atoms with Crippen molar-refractivity contribution in [2.45, 2.75) is 121 Å². The number of imide groups is 1. The predicted molar refractivity (Wildman–Crippen MR) is 261 cm³/mol.